The Hall–Kier alpha value is 0.0700. The Labute approximate surface area is 149 Å². The predicted molar refractivity (Wildman–Crippen MR) is 97.0 cm³/mol. The summed E-state index contributed by atoms with van der Waals surface area (Å²) in [6.45, 7) is 13.3. The fraction of sp³-hybridized carbons (Fsp3) is 1.00. The summed E-state index contributed by atoms with van der Waals surface area (Å²) in [5.41, 5.74) is 0.146. The molecule has 6 aliphatic rings. The second-order valence-corrected chi connectivity index (χ2v) is 13.3. The summed E-state index contributed by atoms with van der Waals surface area (Å²) in [6.07, 6.45) is 2.65. The molecule has 8 unspecified atom stereocenters. The highest BCUT2D eigenvalue weighted by Crippen LogP contribution is 2.69. The molecule has 0 aromatic carbocycles. The van der Waals surface area contributed by atoms with Crippen molar-refractivity contribution in [1.82, 2.24) is 0 Å². The van der Waals surface area contributed by atoms with Crippen molar-refractivity contribution in [2.75, 3.05) is 0 Å². The Morgan fingerprint density at radius 3 is 1.33 bits per heavy atom. The first-order chi connectivity index (χ1) is 10.9. The zero-order valence-electron chi connectivity index (χ0n) is 16.0. The third-order valence-corrected chi connectivity index (χ3v) is 11.8. The van der Waals surface area contributed by atoms with E-state index in [4.69, 9.17) is 0 Å². The van der Waals surface area contributed by atoms with Crippen molar-refractivity contribution in [2.45, 2.75) is 88.9 Å². The maximum atomic E-state index is 14.0. The first kappa shape index (κ1) is 17.5. The molecule has 3 nitrogen and oxygen atoms in total. The van der Waals surface area contributed by atoms with Crippen LogP contribution in [0.3, 0.4) is 0 Å². The molecule has 0 saturated heterocycles. The summed E-state index contributed by atoms with van der Waals surface area (Å²) in [5, 5.41) is 21.3. The quantitative estimate of drug-likeness (QED) is 0.801. The van der Waals surface area contributed by atoms with Crippen LogP contribution in [-0.4, -0.2) is 36.1 Å². The molecule has 8 atom stereocenters. The maximum Gasteiger partial charge on any atom is 0.0587 e. The standard InChI is InChI=1S/C20H34O3S/c1-17(2)11-7-15(17)19(5,9-13(11)21)24(23)20(6)10-14(22)12-8-16(20)18(12,3)4/h11-16,21-22H,7-10H2,1-6H3. The topological polar surface area (TPSA) is 57.5 Å². The maximum absolute atomic E-state index is 14.0. The average Bonchev–Trinajstić information content (AvgIpc) is 2.43. The van der Waals surface area contributed by atoms with Gasteiger partial charge in [-0.25, -0.2) is 0 Å². The van der Waals surface area contributed by atoms with Crippen LogP contribution in [0.2, 0.25) is 0 Å². The molecule has 6 aliphatic carbocycles. The number of fused-ring (bicyclic) bond motifs is 4. The van der Waals surface area contributed by atoms with E-state index in [0.717, 1.165) is 12.8 Å². The van der Waals surface area contributed by atoms with Crippen LogP contribution >= 0.6 is 0 Å². The Bertz CT molecular complexity index is 550. The van der Waals surface area contributed by atoms with Gasteiger partial charge in [0, 0.05) is 20.3 Å². The Morgan fingerprint density at radius 2 is 1.08 bits per heavy atom. The van der Waals surface area contributed by atoms with E-state index in [2.05, 4.69) is 41.5 Å². The van der Waals surface area contributed by atoms with Gasteiger partial charge in [0.25, 0.3) is 0 Å². The summed E-state index contributed by atoms with van der Waals surface area (Å²) >= 11 is 0. The summed E-state index contributed by atoms with van der Waals surface area (Å²) in [6, 6.07) is 0. The zero-order chi connectivity index (χ0) is 17.9. The number of rotatable bonds is 2. The molecule has 0 radical (unpaired) electrons. The van der Waals surface area contributed by atoms with Gasteiger partial charge in [0.2, 0.25) is 0 Å². The minimum Gasteiger partial charge on any atom is -0.393 e. The van der Waals surface area contributed by atoms with Gasteiger partial charge in [-0.3, -0.25) is 4.21 Å². The normalized spacial score (nSPS) is 58.3. The van der Waals surface area contributed by atoms with Gasteiger partial charge >= 0.3 is 0 Å². The molecule has 0 heterocycles. The molecule has 138 valence electrons. The molecular formula is C20H34O3S. The highest BCUT2D eigenvalue weighted by Gasteiger charge is 2.71. The number of aliphatic hydroxyl groups is 2. The van der Waals surface area contributed by atoms with E-state index in [9.17, 15) is 14.4 Å². The van der Waals surface area contributed by atoms with Crippen molar-refractivity contribution < 1.29 is 14.4 Å². The molecule has 0 aromatic heterocycles. The first-order valence-electron chi connectivity index (χ1n) is 9.65. The highest BCUT2D eigenvalue weighted by atomic mass is 32.2. The van der Waals surface area contributed by atoms with Gasteiger partial charge in [0.15, 0.2) is 0 Å². The van der Waals surface area contributed by atoms with Crippen molar-refractivity contribution >= 4 is 10.8 Å². The van der Waals surface area contributed by atoms with Crippen molar-refractivity contribution in [3.05, 3.63) is 0 Å². The second kappa shape index (κ2) is 4.67. The van der Waals surface area contributed by atoms with Crippen LogP contribution in [0, 0.1) is 34.5 Å². The largest absolute Gasteiger partial charge is 0.393 e. The van der Waals surface area contributed by atoms with Crippen LogP contribution in [0.5, 0.6) is 0 Å². The van der Waals surface area contributed by atoms with Crippen LogP contribution in [0.25, 0.3) is 0 Å². The van der Waals surface area contributed by atoms with Crippen molar-refractivity contribution in [2.24, 2.45) is 34.5 Å². The van der Waals surface area contributed by atoms with Gasteiger partial charge in [0.1, 0.15) is 0 Å². The third kappa shape index (κ3) is 1.79. The van der Waals surface area contributed by atoms with Gasteiger partial charge in [0.05, 0.1) is 12.2 Å². The number of hydrogen-bond donors (Lipinski definition) is 2. The predicted octanol–water partition coefficient (Wildman–Crippen LogP) is 3.11. The van der Waals surface area contributed by atoms with Crippen LogP contribution in [0.4, 0.5) is 0 Å². The van der Waals surface area contributed by atoms with E-state index in [1.54, 1.807) is 0 Å². The van der Waals surface area contributed by atoms with Crippen molar-refractivity contribution in [1.29, 1.82) is 0 Å². The van der Waals surface area contributed by atoms with Gasteiger partial charge in [-0.05, 0) is 74.0 Å². The Kier molecular flexibility index (Phi) is 3.40. The Morgan fingerprint density at radius 1 is 0.750 bits per heavy atom. The molecule has 2 N–H and O–H groups in total. The highest BCUT2D eigenvalue weighted by molar-refractivity contribution is 7.87. The minimum atomic E-state index is -1.06. The van der Waals surface area contributed by atoms with Gasteiger partial charge in [-0.2, -0.15) is 0 Å². The molecular weight excluding hydrogens is 320 g/mol. The molecule has 4 bridgehead atoms. The summed E-state index contributed by atoms with van der Waals surface area (Å²) in [7, 11) is -1.06. The molecule has 0 amide bonds. The lowest BCUT2D eigenvalue weighted by Gasteiger charge is -2.70. The fourth-order valence-corrected chi connectivity index (χ4v) is 10.7. The van der Waals surface area contributed by atoms with Gasteiger partial charge in [-0.1, -0.05) is 27.7 Å². The number of hydrogen-bond acceptors (Lipinski definition) is 3. The van der Waals surface area contributed by atoms with Gasteiger partial charge in [-0.15, -0.1) is 0 Å². The van der Waals surface area contributed by atoms with Crippen LogP contribution in [0.15, 0.2) is 0 Å². The molecule has 0 aromatic rings. The van der Waals surface area contributed by atoms with E-state index in [-0.39, 0.29) is 32.5 Å². The summed E-state index contributed by atoms with van der Waals surface area (Å²) in [4.78, 5) is 0. The molecule has 6 saturated carbocycles. The third-order valence-electron chi connectivity index (χ3n) is 9.17. The van der Waals surface area contributed by atoms with E-state index >= 15 is 0 Å². The molecule has 0 aliphatic heterocycles. The van der Waals surface area contributed by atoms with Crippen molar-refractivity contribution in [3.63, 3.8) is 0 Å². The molecule has 6 rings (SSSR count). The molecule has 4 heteroatoms. The Balaban J connectivity index is 1.70. The molecule has 6 fully saturated rings. The number of aliphatic hydroxyl groups excluding tert-OH is 2. The van der Waals surface area contributed by atoms with Crippen molar-refractivity contribution in [3.8, 4) is 0 Å². The SMILES string of the molecule is CC1(C)C2CC1C(C)(S(=O)C1(C)CC(O)C3CC1C3(C)C)CC2O. The first-order valence-corrected chi connectivity index (χ1v) is 10.8. The van der Waals surface area contributed by atoms with Crippen LogP contribution in [-0.2, 0) is 10.8 Å². The zero-order valence-corrected chi connectivity index (χ0v) is 16.8. The molecule has 0 spiro atoms. The average molecular weight is 355 g/mol. The van der Waals surface area contributed by atoms with Crippen LogP contribution < -0.4 is 0 Å². The summed E-state index contributed by atoms with van der Waals surface area (Å²) in [5.74, 6) is 1.55. The van der Waals surface area contributed by atoms with Crippen LogP contribution in [0.1, 0.15) is 67.2 Å². The monoisotopic (exact) mass is 354 g/mol. The second-order valence-electron chi connectivity index (χ2n) is 10.9. The summed E-state index contributed by atoms with van der Waals surface area (Å²) < 4.78 is 13.3. The fourth-order valence-electron chi connectivity index (χ4n) is 7.64. The van der Waals surface area contributed by atoms with E-state index in [1.165, 1.54) is 0 Å². The van der Waals surface area contributed by atoms with Gasteiger partial charge < -0.3 is 10.2 Å². The lowest BCUT2D eigenvalue weighted by molar-refractivity contribution is -0.165. The molecule has 24 heavy (non-hydrogen) atoms. The lowest BCUT2D eigenvalue weighted by atomic mass is 9.44. The smallest absolute Gasteiger partial charge is 0.0587 e. The van der Waals surface area contributed by atoms with E-state index < -0.39 is 10.8 Å². The van der Waals surface area contributed by atoms with E-state index in [1.807, 2.05) is 0 Å². The lowest BCUT2D eigenvalue weighted by Crippen LogP contribution is -2.73. The van der Waals surface area contributed by atoms with E-state index in [0.29, 0.717) is 36.5 Å². The minimum absolute atomic E-state index is 0.0728.